The number of benzene rings is 2. The van der Waals surface area contributed by atoms with Gasteiger partial charge in [0.05, 0.1) is 24.7 Å². The van der Waals surface area contributed by atoms with Crippen molar-refractivity contribution >= 4 is 27.9 Å². The van der Waals surface area contributed by atoms with Crippen LogP contribution in [-0.4, -0.2) is 58.5 Å². The number of nitrogens with zero attached hydrogens (tertiary/aromatic N) is 4. The molecule has 6 rings (SSSR count). The zero-order valence-corrected chi connectivity index (χ0v) is 19.8. The van der Waals surface area contributed by atoms with Gasteiger partial charge >= 0.3 is 0 Å². The van der Waals surface area contributed by atoms with Crippen LogP contribution < -0.4 is 4.74 Å². The number of carbonyl (C=O) groups excluding carboxylic acids is 1. The van der Waals surface area contributed by atoms with Crippen molar-refractivity contribution in [2.75, 3.05) is 33.3 Å². The lowest BCUT2D eigenvalue weighted by Gasteiger charge is -2.39. The number of hydrogen-bond acceptors (Lipinski definition) is 5. The number of carbonyl (C=O) groups is 1. The molecule has 34 heavy (non-hydrogen) atoms. The summed E-state index contributed by atoms with van der Waals surface area (Å²) in [6.45, 7) is 4.57. The number of likely N-dealkylation sites (tertiary alicyclic amines) is 2. The molecule has 2 aliphatic rings. The summed E-state index contributed by atoms with van der Waals surface area (Å²) in [6.07, 6.45) is 3.24. The Kier molecular flexibility index (Phi) is 5.10. The number of fused-ring (bicyclic) bond motifs is 2. The van der Waals surface area contributed by atoms with Crippen LogP contribution in [0.5, 0.6) is 5.75 Å². The Morgan fingerprint density at radius 2 is 1.88 bits per heavy atom. The monoisotopic (exact) mass is 458 g/mol. The number of methoxy groups -OCH3 is 1. The molecule has 4 aromatic rings. The standard InChI is InChI=1S/C27H30N4O3/c1-29-21-8-4-3-7-20(21)28-24(29)17-30-13-10-27(18-30)11-14-31(15-12-27)26(32)23-16-19-6-5-9-22(33-2)25(19)34-23/h3-9,16H,10-15,17-18H2,1-2H3. The quantitative estimate of drug-likeness (QED) is 0.452. The molecule has 1 spiro atoms. The van der Waals surface area contributed by atoms with E-state index in [4.69, 9.17) is 14.1 Å². The fraction of sp³-hybridized carbons (Fsp3) is 0.407. The second-order valence-electron chi connectivity index (χ2n) is 9.82. The predicted octanol–water partition coefficient (Wildman–Crippen LogP) is 4.46. The van der Waals surface area contributed by atoms with Crippen LogP contribution >= 0.6 is 0 Å². The molecule has 2 aromatic heterocycles. The minimum Gasteiger partial charge on any atom is -0.493 e. The highest BCUT2D eigenvalue weighted by Gasteiger charge is 2.42. The van der Waals surface area contributed by atoms with E-state index in [0.29, 0.717) is 22.5 Å². The maximum Gasteiger partial charge on any atom is 0.289 e. The van der Waals surface area contributed by atoms with E-state index in [-0.39, 0.29) is 5.91 Å². The summed E-state index contributed by atoms with van der Waals surface area (Å²) in [5.41, 5.74) is 3.17. The molecule has 2 saturated heterocycles. The summed E-state index contributed by atoms with van der Waals surface area (Å²) in [5, 5.41) is 0.893. The largest absolute Gasteiger partial charge is 0.493 e. The van der Waals surface area contributed by atoms with Gasteiger partial charge < -0.3 is 18.6 Å². The molecule has 1 amide bonds. The number of para-hydroxylation sites is 3. The molecule has 2 aromatic carbocycles. The normalized spacial score (nSPS) is 18.4. The third-order valence-corrected chi connectivity index (χ3v) is 7.81. The molecule has 0 N–H and O–H groups in total. The van der Waals surface area contributed by atoms with E-state index in [2.05, 4.69) is 34.7 Å². The zero-order valence-electron chi connectivity index (χ0n) is 19.8. The van der Waals surface area contributed by atoms with Crippen LogP contribution in [0, 0.1) is 5.41 Å². The first-order chi connectivity index (χ1) is 16.5. The van der Waals surface area contributed by atoms with Gasteiger partial charge in [-0.3, -0.25) is 9.69 Å². The van der Waals surface area contributed by atoms with E-state index in [1.54, 1.807) is 7.11 Å². The molecular formula is C27H30N4O3. The maximum atomic E-state index is 13.2. The molecule has 2 fully saturated rings. The fourth-order valence-electron chi connectivity index (χ4n) is 5.75. The number of imidazole rings is 1. The second-order valence-corrected chi connectivity index (χ2v) is 9.82. The highest BCUT2D eigenvalue weighted by molar-refractivity contribution is 5.97. The molecule has 7 nitrogen and oxygen atoms in total. The molecule has 0 atom stereocenters. The summed E-state index contributed by atoms with van der Waals surface area (Å²) < 4.78 is 13.5. The molecule has 2 aliphatic heterocycles. The summed E-state index contributed by atoms with van der Waals surface area (Å²) >= 11 is 0. The summed E-state index contributed by atoms with van der Waals surface area (Å²) in [7, 11) is 3.72. The molecule has 0 radical (unpaired) electrons. The van der Waals surface area contributed by atoms with Crippen molar-refractivity contribution < 1.29 is 13.9 Å². The van der Waals surface area contributed by atoms with Crippen LogP contribution in [0.25, 0.3) is 22.0 Å². The average molecular weight is 459 g/mol. The predicted molar refractivity (Wildman–Crippen MR) is 131 cm³/mol. The van der Waals surface area contributed by atoms with Gasteiger partial charge in [0.25, 0.3) is 5.91 Å². The maximum absolute atomic E-state index is 13.2. The van der Waals surface area contributed by atoms with E-state index in [0.717, 1.165) is 62.3 Å². The van der Waals surface area contributed by atoms with Gasteiger partial charge in [0.1, 0.15) is 5.82 Å². The SMILES string of the molecule is COc1cccc2cc(C(=O)N3CCC4(CCN(Cc5nc6ccccc6n5C)C4)CC3)oc12. The zero-order chi connectivity index (χ0) is 23.3. The first-order valence-electron chi connectivity index (χ1n) is 12.0. The van der Waals surface area contributed by atoms with Gasteiger partial charge in [0.15, 0.2) is 17.1 Å². The number of aryl methyl sites for hydroxylation is 1. The van der Waals surface area contributed by atoms with E-state index in [9.17, 15) is 4.79 Å². The second kappa shape index (κ2) is 8.17. The number of amides is 1. The van der Waals surface area contributed by atoms with E-state index < -0.39 is 0 Å². The van der Waals surface area contributed by atoms with Gasteiger partial charge in [-0.2, -0.15) is 0 Å². The van der Waals surface area contributed by atoms with Crippen molar-refractivity contribution in [2.45, 2.75) is 25.8 Å². The van der Waals surface area contributed by atoms with Crippen molar-refractivity contribution in [3.63, 3.8) is 0 Å². The lowest BCUT2D eigenvalue weighted by molar-refractivity contribution is 0.0559. The third kappa shape index (κ3) is 3.55. The Hall–Kier alpha value is -3.32. The number of aromatic nitrogens is 2. The number of hydrogen-bond donors (Lipinski definition) is 0. The number of rotatable bonds is 4. The van der Waals surface area contributed by atoms with Crippen LogP contribution in [0.3, 0.4) is 0 Å². The van der Waals surface area contributed by atoms with Gasteiger partial charge in [0.2, 0.25) is 0 Å². The first-order valence-corrected chi connectivity index (χ1v) is 12.0. The molecule has 7 heteroatoms. The summed E-state index contributed by atoms with van der Waals surface area (Å²) in [6, 6.07) is 15.9. The highest BCUT2D eigenvalue weighted by atomic mass is 16.5. The van der Waals surface area contributed by atoms with Gasteiger partial charge in [-0.15, -0.1) is 0 Å². The van der Waals surface area contributed by atoms with Crippen LogP contribution in [-0.2, 0) is 13.6 Å². The Morgan fingerprint density at radius 1 is 1.09 bits per heavy atom. The molecule has 4 heterocycles. The first kappa shape index (κ1) is 21.2. The Labute approximate surface area is 198 Å². The smallest absolute Gasteiger partial charge is 0.289 e. The fourth-order valence-corrected chi connectivity index (χ4v) is 5.75. The van der Waals surface area contributed by atoms with Crippen molar-refractivity contribution in [3.8, 4) is 5.75 Å². The molecule has 0 bridgehead atoms. The highest BCUT2D eigenvalue weighted by Crippen LogP contribution is 2.41. The molecule has 176 valence electrons. The minimum atomic E-state index is -0.0253. The van der Waals surface area contributed by atoms with E-state index in [1.807, 2.05) is 35.2 Å². The van der Waals surface area contributed by atoms with Crippen molar-refractivity contribution in [1.29, 1.82) is 0 Å². The molecular weight excluding hydrogens is 428 g/mol. The number of piperidine rings is 1. The average Bonchev–Trinajstić information content (AvgIpc) is 3.56. The van der Waals surface area contributed by atoms with Gasteiger partial charge in [-0.1, -0.05) is 24.3 Å². The van der Waals surface area contributed by atoms with Crippen molar-refractivity contribution in [2.24, 2.45) is 12.5 Å². The van der Waals surface area contributed by atoms with Crippen LogP contribution in [0.2, 0.25) is 0 Å². The van der Waals surface area contributed by atoms with Crippen molar-refractivity contribution in [3.05, 3.63) is 60.1 Å². The van der Waals surface area contributed by atoms with Crippen LogP contribution in [0.15, 0.2) is 52.9 Å². The van der Waals surface area contributed by atoms with E-state index in [1.165, 1.54) is 11.9 Å². The summed E-state index contributed by atoms with van der Waals surface area (Å²) in [4.78, 5) is 22.5. The topological polar surface area (TPSA) is 63.7 Å². The molecule has 0 saturated carbocycles. The number of ether oxygens (including phenoxy) is 1. The van der Waals surface area contributed by atoms with Crippen LogP contribution in [0.1, 0.15) is 35.6 Å². The van der Waals surface area contributed by atoms with Gasteiger partial charge in [-0.05, 0) is 55.5 Å². The summed E-state index contributed by atoms with van der Waals surface area (Å²) in [5.74, 6) is 2.14. The van der Waals surface area contributed by atoms with Gasteiger partial charge in [-0.25, -0.2) is 4.98 Å². The third-order valence-electron chi connectivity index (χ3n) is 7.81. The lowest BCUT2D eigenvalue weighted by atomic mass is 9.77. The molecule has 0 aliphatic carbocycles. The number of furan rings is 1. The molecule has 0 unspecified atom stereocenters. The Bertz CT molecular complexity index is 1360. The van der Waals surface area contributed by atoms with Gasteiger partial charge in [0, 0.05) is 32.1 Å². The minimum absolute atomic E-state index is 0.0253. The van der Waals surface area contributed by atoms with Crippen LogP contribution in [0.4, 0.5) is 0 Å². The van der Waals surface area contributed by atoms with Crippen molar-refractivity contribution in [1.82, 2.24) is 19.4 Å². The lowest BCUT2D eigenvalue weighted by Crippen LogP contribution is -2.44. The Morgan fingerprint density at radius 3 is 2.68 bits per heavy atom. The Balaban J connectivity index is 1.11. The van der Waals surface area contributed by atoms with E-state index >= 15 is 0 Å².